The predicted octanol–water partition coefficient (Wildman–Crippen LogP) is 7.73. The van der Waals surface area contributed by atoms with E-state index in [-0.39, 0.29) is 11.3 Å². The van der Waals surface area contributed by atoms with Crippen LogP contribution in [0.1, 0.15) is 105 Å². The van der Waals surface area contributed by atoms with E-state index in [1.165, 1.54) is 56.9 Å². The van der Waals surface area contributed by atoms with E-state index >= 15 is 0 Å². The van der Waals surface area contributed by atoms with E-state index in [4.69, 9.17) is 0 Å². The molecule has 0 amide bonds. The Morgan fingerprint density at radius 2 is 1.83 bits per heavy atom. The Morgan fingerprint density at radius 1 is 1.07 bits per heavy atom. The van der Waals surface area contributed by atoms with E-state index in [0.29, 0.717) is 5.41 Å². The summed E-state index contributed by atoms with van der Waals surface area (Å²) in [7, 11) is 0. The maximum Gasteiger partial charge on any atom is 0.306 e. The molecule has 4 rings (SSSR count). The Bertz CT molecular complexity index is 678. The summed E-state index contributed by atoms with van der Waals surface area (Å²) in [6.45, 7) is 12.4. The van der Waals surface area contributed by atoms with Crippen LogP contribution < -0.4 is 0 Å². The van der Waals surface area contributed by atoms with Gasteiger partial charge < -0.3 is 5.11 Å². The van der Waals surface area contributed by atoms with Crippen LogP contribution >= 0.6 is 0 Å². The molecule has 0 radical (unpaired) electrons. The number of carbonyl (C=O) groups is 1. The maximum atomic E-state index is 11.6. The van der Waals surface area contributed by atoms with Gasteiger partial charge >= 0.3 is 5.97 Å². The topological polar surface area (TPSA) is 37.3 Å². The van der Waals surface area contributed by atoms with Gasteiger partial charge in [-0.15, -0.1) is 0 Å². The minimum absolute atomic E-state index is 0.141. The summed E-state index contributed by atoms with van der Waals surface area (Å²) in [6.07, 6.45) is 16.4. The van der Waals surface area contributed by atoms with Gasteiger partial charge in [0.2, 0.25) is 0 Å². The summed E-state index contributed by atoms with van der Waals surface area (Å²) in [5, 5.41) is 9.55. The van der Waals surface area contributed by atoms with Crippen LogP contribution in [0.25, 0.3) is 0 Å². The average molecular weight is 415 g/mol. The maximum absolute atomic E-state index is 11.6. The second-order valence-electron chi connectivity index (χ2n) is 12.6. The van der Waals surface area contributed by atoms with Gasteiger partial charge in [0.15, 0.2) is 0 Å². The van der Waals surface area contributed by atoms with Gasteiger partial charge in [-0.2, -0.15) is 0 Å². The van der Waals surface area contributed by atoms with Crippen molar-refractivity contribution < 1.29 is 9.90 Å². The lowest BCUT2D eigenvalue weighted by Gasteiger charge is -2.58. The molecule has 4 aliphatic rings. The molecule has 2 nitrogen and oxygen atoms in total. The molecule has 4 aliphatic carbocycles. The van der Waals surface area contributed by atoms with Crippen molar-refractivity contribution in [3.05, 3.63) is 11.6 Å². The van der Waals surface area contributed by atoms with E-state index in [1.807, 2.05) is 0 Å². The molecule has 3 saturated carbocycles. The lowest BCUT2D eigenvalue weighted by molar-refractivity contribution is -0.143. The molecule has 170 valence electrons. The number of carboxylic acid groups (broad SMARTS) is 1. The molecule has 2 heteroatoms. The summed E-state index contributed by atoms with van der Waals surface area (Å²) in [6, 6.07) is 0. The normalized spacial score (nSPS) is 44.1. The Labute approximate surface area is 185 Å². The van der Waals surface area contributed by atoms with Gasteiger partial charge in [0.25, 0.3) is 0 Å². The van der Waals surface area contributed by atoms with Gasteiger partial charge in [0, 0.05) is 0 Å². The lowest BCUT2D eigenvalue weighted by atomic mass is 9.46. The first-order valence-electron chi connectivity index (χ1n) is 13.1. The minimum Gasteiger partial charge on any atom is -0.481 e. The van der Waals surface area contributed by atoms with Gasteiger partial charge in [0.1, 0.15) is 0 Å². The zero-order chi connectivity index (χ0) is 21.7. The van der Waals surface area contributed by atoms with Gasteiger partial charge in [-0.3, -0.25) is 4.79 Å². The third-order valence-corrected chi connectivity index (χ3v) is 10.7. The second-order valence-corrected chi connectivity index (χ2v) is 12.6. The van der Waals surface area contributed by atoms with Crippen molar-refractivity contribution in [3.63, 3.8) is 0 Å². The molecule has 0 aromatic heterocycles. The third kappa shape index (κ3) is 3.69. The summed E-state index contributed by atoms with van der Waals surface area (Å²) >= 11 is 0. The highest BCUT2D eigenvalue weighted by molar-refractivity contribution is 5.70. The average Bonchev–Trinajstić information content (AvgIpc) is 3.04. The van der Waals surface area contributed by atoms with Gasteiger partial charge in [-0.25, -0.2) is 0 Å². The monoisotopic (exact) mass is 414 g/mol. The summed E-state index contributed by atoms with van der Waals surface area (Å²) in [5.74, 6) is 4.41. The van der Waals surface area contributed by atoms with Crippen LogP contribution in [0.4, 0.5) is 0 Å². The van der Waals surface area contributed by atoms with Crippen LogP contribution in [0.3, 0.4) is 0 Å². The van der Waals surface area contributed by atoms with Crippen molar-refractivity contribution in [2.45, 2.75) is 105 Å². The molecule has 0 aliphatic heterocycles. The van der Waals surface area contributed by atoms with E-state index in [0.717, 1.165) is 54.8 Å². The zero-order valence-electron chi connectivity index (χ0n) is 20.3. The molecular formula is C28H46O2. The summed E-state index contributed by atoms with van der Waals surface area (Å²) in [4.78, 5) is 11.6. The minimum atomic E-state index is -0.582. The third-order valence-electron chi connectivity index (χ3n) is 10.7. The number of carboxylic acids is 1. The highest BCUT2D eigenvalue weighted by Crippen LogP contribution is 2.67. The van der Waals surface area contributed by atoms with Crippen LogP contribution in [0.2, 0.25) is 0 Å². The highest BCUT2D eigenvalue weighted by atomic mass is 16.4. The standard InChI is InChI=1S/C28H46O2/c1-18(2)7-6-8-19(3)23-11-12-24-22-10-9-21-17-20(26(29)30)13-15-27(21,4)25(22)14-16-28(23,24)5/h9,18-20,22-25H,6-8,10-17H2,1-5H3,(H,29,30)/t19-,20?,22+,23-,24+,25+,27+,28-/m1/s1. The smallest absolute Gasteiger partial charge is 0.306 e. The number of hydrogen-bond acceptors (Lipinski definition) is 1. The fourth-order valence-corrected chi connectivity index (χ4v) is 8.90. The first-order chi connectivity index (χ1) is 14.2. The van der Waals surface area contributed by atoms with Crippen LogP contribution in [0.15, 0.2) is 11.6 Å². The van der Waals surface area contributed by atoms with Gasteiger partial charge in [-0.1, -0.05) is 65.5 Å². The quantitative estimate of drug-likeness (QED) is 0.451. The van der Waals surface area contributed by atoms with Crippen molar-refractivity contribution in [1.29, 1.82) is 0 Å². The van der Waals surface area contributed by atoms with Crippen LogP contribution in [-0.2, 0) is 4.79 Å². The van der Waals surface area contributed by atoms with Gasteiger partial charge in [0.05, 0.1) is 5.92 Å². The molecular weight excluding hydrogens is 368 g/mol. The van der Waals surface area contributed by atoms with Crippen LogP contribution in [0, 0.1) is 52.3 Å². The van der Waals surface area contributed by atoms with E-state index in [9.17, 15) is 9.90 Å². The summed E-state index contributed by atoms with van der Waals surface area (Å²) in [5.41, 5.74) is 2.32. The van der Waals surface area contributed by atoms with Crippen LogP contribution in [0.5, 0.6) is 0 Å². The Kier molecular flexibility index (Phi) is 6.19. The molecule has 0 heterocycles. The molecule has 30 heavy (non-hydrogen) atoms. The molecule has 0 aromatic carbocycles. The zero-order valence-corrected chi connectivity index (χ0v) is 20.3. The first kappa shape index (κ1) is 22.4. The second kappa shape index (κ2) is 8.28. The molecule has 1 unspecified atom stereocenters. The predicted molar refractivity (Wildman–Crippen MR) is 124 cm³/mol. The Morgan fingerprint density at radius 3 is 2.53 bits per heavy atom. The molecule has 0 spiro atoms. The Balaban J connectivity index is 1.49. The molecule has 0 saturated heterocycles. The number of rotatable bonds is 6. The highest BCUT2D eigenvalue weighted by Gasteiger charge is 2.59. The molecule has 1 N–H and O–H groups in total. The SMILES string of the molecule is CC(C)CCC[C@@H](C)[C@H]1CC[C@H]2[C@@H]3CC=C4CC(C(=O)O)CC[C@]4(C)[C@H]3CC[C@]12C. The number of allylic oxidation sites excluding steroid dienone is 2. The number of aliphatic carboxylic acids is 1. The molecule has 3 fully saturated rings. The van der Waals surface area contributed by atoms with Crippen molar-refractivity contribution in [3.8, 4) is 0 Å². The fourth-order valence-electron chi connectivity index (χ4n) is 8.90. The number of fused-ring (bicyclic) bond motifs is 5. The number of hydrogen-bond donors (Lipinski definition) is 1. The van der Waals surface area contributed by atoms with Crippen molar-refractivity contribution in [2.24, 2.45) is 52.3 Å². The fraction of sp³-hybridized carbons (Fsp3) is 0.893. The molecule has 8 atom stereocenters. The summed E-state index contributed by atoms with van der Waals surface area (Å²) < 4.78 is 0. The lowest BCUT2D eigenvalue weighted by Crippen LogP contribution is -2.50. The van der Waals surface area contributed by atoms with Crippen molar-refractivity contribution in [2.75, 3.05) is 0 Å². The largest absolute Gasteiger partial charge is 0.481 e. The van der Waals surface area contributed by atoms with E-state index in [1.54, 1.807) is 0 Å². The molecule has 0 aromatic rings. The van der Waals surface area contributed by atoms with E-state index in [2.05, 4.69) is 40.7 Å². The van der Waals surface area contributed by atoms with Crippen molar-refractivity contribution in [1.82, 2.24) is 0 Å². The van der Waals surface area contributed by atoms with Crippen LogP contribution in [-0.4, -0.2) is 11.1 Å². The first-order valence-corrected chi connectivity index (χ1v) is 13.1. The van der Waals surface area contributed by atoms with E-state index < -0.39 is 5.97 Å². The Hall–Kier alpha value is -0.790. The molecule has 0 bridgehead atoms. The van der Waals surface area contributed by atoms with Gasteiger partial charge in [-0.05, 0) is 97.7 Å². The van der Waals surface area contributed by atoms with Crippen molar-refractivity contribution >= 4 is 5.97 Å².